The van der Waals surface area contributed by atoms with Gasteiger partial charge < -0.3 is 24.8 Å². The Labute approximate surface area is 213 Å². The first kappa shape index (κ1) is 26.5. The van der Waals surface area contributed by atoms with Crippen molar-refractivity contribution in [3.63, 3.8) is 0 Å². The summed E-state index contributed by atoms with van der Waals surface area (Å²) in [4.78, 5) is 15.3. The molecule has 34 heavy (non-hydrogen) atoms. The molecule has 0 spiro atoms. The van der Waals surface area contributed by atoms with E-state index in [0.717, 1.165) is 63.2 Å². The minimum Gasteiger partial charge on any atom is -0.496 e. The SMILES string of the molecule is COc1cc(N)c(Cl)cc1C(=O)CCC1CCN(CCCc2ccc3c(c2)OCCO3)CC1.Cl. The highest BCUT2D eigenvalue weighted by Crippen LogP contribution is 2.32. The first-order valence-electron chi connectivity index (χ1n) is 11.8. The lowest BCUT2D eigenvalue weighted by atomic mass is 9.90. The Morgan fingerprint density at radius 2 is 1.88 bits per heavy atom. The van der Waals surface area contributed by atoms with Gasteiger partial charge in [0.1, 0.15) is 19.0 Å². The lowest BCUT2D eigenvalue weighted by molar-refractivity contribution is 0.0959. The van der Waals surface area contributed by atoms with Crippen LogP contribution in [0.4, 0.5) is 5.69 Å². The van der Waals surface area contributed by atoms with E-state index in [1.54, 1.807) is 19.2 Å². The van der Waals surface area contributed by atoms with Gasteiger partial charge in [-0.05, 0) is 81.4 Å². The molecule has 6 nitrogen and oxygen atoms in total. The Hall–Kier alpha value is -2.15. The monoisotopic (exact) mass is 508 g/mol. The van der Waals surface area contributed by atoms with E-state index < -0.39 is 0 Å². The molecule has 2 aliphatic rings. The minimum atomic E-state index is 0. The number of rotatable bonds is 9. The van der Waals surface area contributed by atoms with Gasteiger partial charge in [0.15, 0.2) is 17.3 Å². The van der Waals surface area contributed by atoms with Gasteiger partial charge >= 0.3 is 0 Å². The molecule has 2 aromatic carbocycles. The molecule has 0 atom stereocenters. The minimum absolute atomic E-state index is 0. The summed E-state index contributed by atoms with van der Waals surface area (Å²) in [7, 11) is 1.54. The summed E-state index contributed by atoms with van der Waals surface area (Å²) in [5.41, 5.74) is 8.07. The highest BCUT2D eigenvalue weighted by Gasteiger charge is 2.22. The number of nitrogens with zero attached hydrogens (tertiary/aromatic N) is 1. The van der Waals surface area contributed by atoms with Crippen molar-refractivity contribution >= 4 is 35.5 Å². The molecule has 4 rings (SSSR count). The van der Waals surface area contributed by atoms with Crippen LogP contribution in [-0.2, 0) is 6.42 Å². The summed E-state index contributed by atoms with van der Waals surface area (Å²) in [5.74, 6) is 2.86. The van der Waals surface area contributed by atoms with Crippen LogP contribution in [0.5, 0.6) is 17.2 Å². The van der Waals surface area contributed by atoms with Gasteiger partial charge in [-0.3, -0.25) is 4.79 Å². The van der Waals surface area contributed by atoms with Gasteiger partial charge in [0.2, 0.25) is 0 Å². The maximum absolute atomic E-state index is 12.8. The molecule has 2 aliphatic heterocycles. The zero-order valence-corrected chi connectivity index (χ0v) is 21.3. The van der Waals surface area contributed by atoms with Crippen LogP contribution in [0.25, 0.3) is 0 Å². The van der Waals surface area contributed by atoms with Gasteiger partial charge in [0, 0.05) is 12.5 Å². The molecule has 2 aromatic rings. The molecule has 0 aliphatic carbocycles. The Morgan fingerprint density at radius 3 is 2.62 bits per heavy atom. The summed E-state index contributed by atoms with van der Waals surface area (Å²) in [6.45, 7) is 4.54. The Bertz CT molecular complexity index is 978. The molecule has 0 bridgehead atoms. The van der Waals surface area contributed by atoms with Crippen LogP contribution in [0.3, 0.4) is 0 Å². The van der Waals surface area contributed by atoms with Crippen LogP contribution in [0.15, 0.2) is 30.3 Å². The van der Waals surface area contributed by atoms with Gasteiger partial charge in [-0.1, -0.05) is 17.7 Å². The number of carbonyl (C=O) groups is 1. The number of hydrogen-bond donors (Lipinski definition) is 1. The number of ether oxygens (including phenoxy) is 3. The van der Waals surface area contributed by atoms with Crippen LogP contribution >= 0.6 is 24.0 Å². The summed E-state index contributed by atoms with van der Waals surface area (Å²) >= 11 is 6.11. The number of piperidine rings is 1. The van der Waals surface area contributed by atoms with Crippen molar-refractivity contribution < 1.29 is 19.0 Å². The van der Waals surface area contributed by atoms with E-state index in [-0.39, 0.29) is 18.2 Å². The Balaban J connectivity index is 0.00000324. The van der Waals surface area contributed by atoms with Crippen LogP contribution in [0, 0.1) is 5.92 Å². The van der Waals surface area contributed by atoms with Crippen LogP contribution in [-0.4, -0.2) is 50.6 Å². The third-order valence-electron chi connectivity index (χ3n) is 6.65. The number of halogens is 2. The topological polar surface area (TPSA) is 74.0 Å². The molecule has 0 aromatic heterocycles. The second kappa shape index (κ2) is 12.5. The maximum Gasteiger partial charge on any atom is 0.166 e. The molecule has 2 heterocycles. The van der Waals surface area contributed by atoms with E-state index in [1.807, 2.05) is 6.07 Å². The molecule has 8 heteroatoms. The number of nitrogens with two attached hydrogens (primary N) is 1. The number of hydrogen-bond acceptors (Lipinski definition) is 6. The van der Waals surface area contributed by atoms with Crippen molar-refractivity contribution in [3.05, 3.63) is 46.5 Å². The predicted octanol–water partition coefficient (Wildman–Crippen LogP) is 5.43. The van der Waals surface area contributed by atoms with Crippen molar-refractivity contribution in [2.75, 3.05) is 45.7 Å². The second-order valence-electron chi connectivity index (χ2n) is 8.90. The summed E-state index contributed by atoms with van der Waals surface area (Å²) in [5, 5.41) is 0.392. The molecule has 1 saturated heterocycles. The smallest absolute Gasteiger partial charge is 0.166 e. The lowest BCUT2D eigenvalue weighted by Gasteiger charge is -2.32. The Morgan fingerprint density at radius 1 is 1.15 bits per heavy atom. The fourth-order valence-electron chi connectivity index (χ4n) is 4.67. The van der Waals surface area contributed by atoms with Crippen LogP contribution < -0.4 is 19.9 Å². The number of ketones is 1. The van der Waals surface area contributed by atoms with Gasteiger partial charge in [-0.25, -0.2) is 0 Å². The third kappa shape index (κ3) is 6.71. The standard InChI is InChI=1S/C26H33ClN2O4.ClH/c1-31-25-17-22(28)21(27)16-20(25)23(30)6-4-18-8-11-29(12-9-18)10-2-3-19-5-7-24-26(15-19)33-14-13-32-24;/h5,7,15-18H,2-4,6,8-14,28H2,1H3;1H. The molecular weight excluding hydrogens is 475 g/mol. The number of nitrogen functional groups attached to an aromatic ring is 1. The van der Waals surface area contributed by atoms with E-state index in [4.69, 9.17) is 31.5 Å². The number of likely N-dealkylation sites (tertiary alicyclic amines) is 1. The lowest BCUT2D eigenvalue weighted by Crippen LogP contribution is -2.34. The highest BCUT2D eigenvalue weighted by molar-refractivity contribution is 6.33. The zero-order chi connectivity index (χ0) is 23.2. The molecule has 186 valence electrons. The number of aryl methyl sites for hydroxylation is 1. The first-order chi connectivity index (χ1) is 16.0. The number of anilines is 1. The average molecular weight is 509 g/mol. The first-order valence-corrected chi connectivity index (χ1v) is 12.2. The predicted molar refractivity (Wildman–Crippen MR) is 138 cm³/mol. The molecule has 1 fully saturated rings. The largest absolute Gasteiger partial charge is 0.496 e. The van der Waals surface area contributed by atoms with E-state index in [0.29, 0.717) is 47.6 Å². The summed E-state index contributed by atoms with van der Waals surface area (Å²) < 4.78 is 16.6. The van der Waals surface area contributed by atoms with E-state index in [9.17, 15) is 4.79 Å². The number of carbonyl (C=O) groups excluding carboxylic acids is 1. The van der Waals surface area contributed by atoms with Gasteiger partial charge in [-0.15, -0.1) is 12.4 Å². The van der Waals surface area contributed by atoms with Gasteiger partial charge in [0.25, 0.3) is 0 Å². The second-order valence-corrected chi connectivity index (χ2v) is 9.31. The number of benzene rings is 2. The van der Waals surface area contributed by atoms with Crippen molar-refractivity contribution in [3.8, 4) is 17.2 Å². The van der Waals surface area contributed by atoms with E-state index in [1.165, 1.54) is 5.56 Å². The Kier molecular flexibility index (Phi) is 9.74. The normalized spacial score (nSPS) is 16.1. The number of fused-ring (bicyclic) bond motifs is 1. The van der Waals surface area contributed by atoms with Crippen LogP contribution in [0.1, 0.15) is 48.0 Å². The van der Waals surface area contributed by atoms with E-state index in [2.05, 4.69) is 17.0 Å². The quantitative estimate of drug-likeness (QED) is 0.359. The van der Waals surface area contributed by atoms with Crippen LogP contribution in [0.2, 0.25) is 5.02 Å². The zero-order valence-electron chi connectivity index (χ0n) is 19.7. The molecule has 2 N–H and O–H groups in total. The summed E-state index contributed by atoms with van der Waals surface area (Å²) in [6, 6.07) is 9.52. The maximum atomic E-state index is 12.8. The molecule has 0 saturated carbocycles. The number of Topliss-reactive ketones (excluding diaryl/α,β-unsaturated/α-hetero) is 1. The van der Waals surface area contributed by atoms with Gasteiger partial charge in [-0.2, -0.15) is 0 Å². The van der Waals surface area contributed by atoms with Crippen molar-refractivity contribution in [2.45, 2.75) is 38.5 Å². The molecular formula is C26H34Cl2N2O4. The molecule has 0 radical (unpaired) electrons. The fraction of sp³-hybridized carbons (Fsp3) is 0.500. The van der Waals surface area contributed by atoms with E-state index >= 15 is 0 Å². The van der Waals surface area contributed by atoms with Crippen molar-refractivity contribution in [2.24, 2.45) is 5.92 Å². The molecule has 0 unspecified atom stereocenters. The van der Waals surface area contributed by atoms with Crippen molar-refractivity contribution in [1.29, 1.82) is 0 Å². The molecule has 0 amide bonds. The third-order valence-corrected chi connectivity index (χ3v) is 6.98. The summed E-state index contributed by atoms with van der Waals surface area (Å²) in [6.07, 6.45) is 5.84. The fourth-order valence-corrected chi connectivity index (χ4v) is 4.84. The number of methoxy groups -OCH3 is 1. The van der Waals surface area contributed by atoms with Gasteiger partial charge in [0.05, 0.1) is 23.4 Å². The highest BCUT2D eigenvalue weighted by atomic mass is 35.5. The average Bonchev–Trinajstić information content (AvgIpc) is 2.84. The van der Waals surface area contributed by atoms with Crippen molar-refractivity contribution in [1.82, 2.24) is 4.90 Å².